The molecular weight excluding hydrogens is 516 g/mol. The maximum absolute atomic E-state index is 12.3. The lowest BCUT2D eigenvalue weighted by atomic mass is 9.97. The zero-order valence-corrected chi connectivity index (χ0v) is 24.0. The average molecular weight is 553 g/mol. The second-order valence-corrected chi connectivity index (χ2v) is 10.1. The van der Waals surface area contributed by atoms with Crippen LogP contribution in [0.5, 0.6) is 5.75 Å². The Morgan fingerprint density at radius 3 is 2.63 bits per heavy atom. The van der Waals surface area contributed by atoms with E-state index in [-0.39, 0.29) is 25.0 Å². The third kappa shape index (κ3) is 5.88. The molecule has 1 atom stereocenters. The van der Waals surface area contributed by atoms with E-state index in [0.717, 1.165) is 56.0 Å². The zero-order chi connectivity index (χ0) is 28.9. The molecule has 0 amide bonds. The van der Waals surface area contributed by atoms with Crippen molar-refractivity contribution in [2.24, 2.45) is 0 Å². The second-order valence-electron chi connectivity index (χ2n) is 10.1. The Balaban J connectivity index is 1.54. The Bertz CT molecular complexity index is 1690. The molecule has 2 aromatic heterocycles. The first-order chi connectivity index (χ1) is 19.9. The van der Waals surface area contributed by atoms with Gasteiger partial charge in [-0.2, -0.15) is 5.10 Å². The van der Waals surface area contributed by atoms with Gasteiger partial charge < -0.3 is 19.9 Å². The van der Waals surface area contributed by atoms with Crippen molar-refractivity contribution < 1.29 is 19.0 Å². The largest absolute Gasteiger partial charge is 0.487 e. The fourth-order valence-electron chi connectivity index (χ4n) is 5.15. The number of pyridine rings is 1. The number of benzene rings is 3. The summed E-state index contributed by atoms with van der Waals surface area (Å²) in [6, 6.07) is 20.5. The van der Waals surface area contributed by atoms with Crippen LogP contribution in [0.25, 0.3) is 32.8 Å². The molecule has 0 spiro atoms. The number of anilines is 1. The maximum atomic E-state index is 12.3. The molecule has 0 aliphatic rings. The predicted octanol–water partition coefficient (Wildman–Crippen LogP) is 6.64. The Labute approximate surface area is 240 Å². The molecule has 0 unspecified atom stereocenters. The summed E-state index contributed by atoms with van der Waals surface area (Å²) in [5.74, 6) is 0.838. The van der Waals surface area contributed by atoms with Gasteiger partial charge in [-0.15, -0.1) is 0 Å². The summed E-state index contributed by atoms with van der Waals surface area (Å²) >= 11 is 0. The molecule has 5 rings (SSSR count). The van der Waals surface area contributed by atoms with Crippen LogP contribution in [0.1, 0.15) is 50.1 Å². The normalized spacial score (nSPS) is 12.1. The quantitative estimate of drug-likeness (QED) is 0.183. The molecule has 8 heteroatoms. The third-order valence-electron chi connectivity index (χ3n) is 7.38. The van der Waals surface area contributed by atoms with Gasteiger partial charge in [0.05, 0.1) is 25.2 Å². The summed E-state index contributed by atoms with van der Waals surface area (Å²) in [5, 5.41) is 8.00. The molecule has 0 bridgehead atoms. The predicted molar refractivity (Wildman–Crippen MR) is 162 cm³/mol. The molecule has 0 fully saturated rings. The Kier molecular flexibility index (Phi) is 8.50. The van der Waals surface area contributed by atoms with Crippen molar-refractivity contribution in [1.29, 1.82) is 0 Å². The molecule has 0 aliphatic heterocycles. The number of fused-ring (bicyclic) bond motifs is 2. The molecule has 212 valence electrons. The van der Waals surface area contributed by atoms with Crippen LogP contribution < -0.4 is 10.5 Å². The van der Waals surface area contributed by atoms with Crippen molar-refractivity contribution in [3.8, 4) is 16.9 Å². The third-order valence-corrected chi connectivity index (χ3v) is 7.38. The first-order valence-electron chi connectivity index (χ1n) is 14.0. The van der Waals surface area contributed by atoms with E-state index in [4.69, 9.17) is 25.0 Å². The highest BCUT2D eigenvalue weighted by atomic mass is 16.5. The van der Waals surface area contributed by atoms with Gasteiger partial charge in [0.25, 0.3) is 0 Å². The number of nitrogens with two attached hydrogens (primary N) is 1. The van der Waals surface area contributed by atoms with Gasteiger partial charge in [0, 0.05) is 35.7 Å². The number of carbonyl (C=O) groups excluding carboxylic acids is 1. The smallest absolute Gasteiger partial charge is 0.310 e. The minimum atomic E-state index is -0.297. The number of hydrogen-bond acceptors (Lipinski definition) is 7. The van der Waals surface area contributed by atoms with Crippen molar-refractivity contribution in [1.82, 2.24) is 14.8 Å². The number of methoxy groups -OCH3 is 1. The minimum absolute atomic E-state index is 0.117. The lowest BCUT2D eigenvalue weighted by molar-refractivity contribution is -0.142. The van der Waals surface area contributed by atoms with Crippen LogP contribution in [0.15, 0.2) is 66.9 Å². The van der Waals surface area contributed by atoms with Gasteiger partial charge in [0.1, 0.15) is 23.9 Å². The topological polar surface area (TPSA) is 101 Å². The highest BCUT2D eigenvalue weighted by Crippen LogP contribution is 2.34. The Hall–Kier alpha value is -4.43. The van der Waals surface area contributed by atoms with E-state index >= 15 is 0 Å². The molecule has 0 saturated heterocycles. The fraction of sp³-hybridized carbons (Fsp3) is 0.303. The van der Waals surface area contributed by atoms with Gasteiger partial charge >= 0.3 is 5.97 Å². The maximum Gasteiger partial charge on any atom is 0.310 e. The molecule has 0 radical (unpaired) electrons. The molecule has 2 heterocycles. The monoisotopic (exact) mass is 552 g/mol. The number of aromatic nitrogens is 3. The van der Waals surface area contributed by atoms with Crippen molar-refractivity contribution in [3.63, 3.8) is 0 Å². The number of carbonyl (C=O) groups is 1. The molecule has 2 N–H and O–H groups in total. The minimum Gasteiger partial charge on any atom is -0.487 e. The van der Waals surface area contributed by atoms with Gasteiger partial charge in [0.15, 0.2) is 0 Å². The zero-order valence-electron chi connectivity index (χ0n) is 24.0. The number of nitrogens with zero attached hydrogens (tertiary/aromatic N) is 3. The summed E-state index contributed by atoms with van der Waals surface area (Å²) in [6.07, 6.45) is 2.80. The number of rotatable bonds is 11. The van der Waals surface area contributed by atoms with E-state index < -0.39 is 0 Å². The van der Waals surface area contributed by atoms with Crippen molar-refractivity contribution in [3.05, 3.63) is 83.7 Å². The summed E-state index contributed by atoms with van der Waals surface area (Å²) in [6.45, 7) is 7.13. The van der Waals surface area contributed by atoms with Crippen molar-refractivity contribution in [2.75, 3.05) is 19.5 Å². The summed E-state index contributed by atoms with van der Waals surface area (Å²) in [7, 11) is 1.65. The molecule has 0 aliphatic carbocycles. The van der Waals surface area contributed by atoms with Crippen LogP contribution in [0.3, 0.4) is 0 Å². The standard InChI is InChI=1S/C33H36N4O4/c1-5-21(3)37-30-12-11-23(25-8-7-9-27-26(25)14-15-35-33(27)34)17-28(30)29(36-37)20-41-31-13-10-22(19-39-4)16-24(31)18-32(38)40-6-2/h7-17,21H,5-6,18-20H2,1-4H3,(H2,34,35)/t21-/m0/s1. The van der Waals surface area contributed by atoms with Crippen LogP contribution in [0, 0.1) is 0 Å². The summed E-state index contributed by atoms with van der Waals surface area (Å²) < 4.78 is 18.9. The van der Waals surface area contributed by atoms with Gasteiger partial charge in [0.2, 0.25) is 0 Å². The molecule has 41 heavy (non-hydrogen) atoms. The lowest BCUT2D eigenvalue weighted by Gasteiger charge is -2.13. The second kappa shape index (κ2) is 12.4. The number of nitrogen functional groups attached to an aromatic ring is 1. The van der Waals surface area contributed by atoms with Gasteiger partial charge in [-0.05, 0) is 72.7 Å². The van der Waals surface area contributed by atoms with Crippen LogP contribution >= 0.6 is 0 Å². The van der Waals surface area contributed by atoms with E-state index in [1.807, 2.05) is 36.4 Å². The molecule has 8 nitrogen and oxygen atoms in total. The number of esters is 1. The van der Waals surface area contributed by atoms with Gasteiger partial charge in [-0.1, -0.05) is 37.3 Å². The van der Waals surface area contributed by atoms with E-state index in [2.05, 4.69) is 47.8 Å². The van der Waals surface area contributed by atoms with Crippen LogP contribution in [0.2, 0.25) is 0 Å². The summed E-state index contributed by atoms with van der Waals surface area (Å²) in [4.78, 5) is 16.6. The van der Waals surface area contributed by atoms with Crippen LogP contribution in [-0.2, 0) is 33.9 Å². The number of ether oxygens (including phenoxy) is 3. The first-order valence-corrected chi connectivity index (χ1v) is 14.0. The molecule has 3 aromatic carbocycles. The number of hydrogen-bond donors (Lipinski definition) is 1. The molecule has 5 aromatic rings. The van der Waals surface area contributed by atoms with E-state index in [0.29, 0.717) is 24.8 Å². The first kappa shape index (κ1) is 28.1. The summed E-state index contributed by atoms with van der Waals surface area (Å²) in [5.41, 5.74) is 11.9. The van der Waals surface area contributed by atoms with E-state index in [9.17, 15) is 4.79 Å². The van der Waals surface area contributed by atoms with E-state index in [1.54, 1.807) is 20.2 Å². The average Bonchev–Trinajstić information content (AvgIpc) is 3.34. The van der Waals surface area contributed by atoms with Crippen LogP contribution in [0.4, 0.5) is 5.82 Å². The van der Waals surface area contributed by atoms with Crippen LogP contribution in [-0.4, -0.2) is 34.5 Å². The highest BCUT2D eigenvalue weighted by molar-refractivity contribution is 6.02. The molecule has 0 saturated carbocycles. The van der Waals surface area contributed by atoms with E-state index in [1.165, 1.54) is 0 Å². The van der Waals surface area contributed by atoms with Gasteiger partial charge in [-0.25, -0.2) is 4.98 Å². The SMILES string of the molecule is CCOC(=O)Cc1cc(COC)ccc1OCc1nn([C@@H](C)CC)c2ccc(-c3cccc4c(N)nccc34)cc12. The fourth-order valence-corrected chi connectivity index (χ4v) is 5.15. The van der Waals surface area contributed by atoms with Crippen molar-refractivity contribution in [2.45, 2.75) is 52.9 Å². The molecular formula is C33H36N4O4. The lowest BCUT2D eigenvalue weighted by Crippen LogP contribution is -2.10. The Morgan fingerprint density at radius 2 is 1.85 bits per heavy atom. The Morgan fingerprint density at radius 1 is 1.00 bits per heavy atom. The van der Waals surface area contributed by atoms with Gasteiger partial charge in [-0.3, -0.25) is 9.48 Å². The van der Waals surface area contributed by atoms with Crippen molar-refractivity contribution >= 4 is 33.5 Å². The highest BCUT2D eigenvalue weighted by Gasteiger charge is 2.18.